The van der Waals surface area contributed by atoms with Gasteiger partial charge in [-0.1, -0.05) is 0 Å². The summed E-state index contributed by atoms with van der Waals surface area (Å²) < 4.78 is 5.10. The van der Waals surface area contributed by atoms with Gasteiger partial charge in [-0.25, -0.2) is 10.0 Å². The number of hydrogen-bond acceptors (Lipinski definition) is 5. The van der Waals surface area contributed by atoms with Gasteiger partial charge < -0.3 is 4.74 Å². The minimum atomic E-state index is -0.265. The number of carbonyl (C=O) groups excluding carboxylic acids is 1. The monoisotopic (exact) mass is 278 g/mol. The number of amides is 1. The van der Waals surface area contributed by atoms with Crippen LogP contribution >= 0.6 is 11.3 Å². The van der Waals surface area contributed by atoms with E-state index in [-0.39, 0.29) is 5.91 Å². The number of hydroxylamine groups is 2. The van der Waals surface area contributed by atoms with E-state index in [0.717, 1.165) is 21.4 Å². The molecule has 1 aromatic heterocycles. The zero-order valence-electron chi connectivity index (χ0n) is 10.9. The van der Waals surface area contributed by atoms with Gasteiger partial charge in [-0.15, -0.1) is 11.3 Å². The highest BCUT2D eigenvalue weighted by Crippen LogP contribution is 2.26. The molecule has 0 fully saturated rings. The lowest BCUT2D eigenvalue weighted by atomic mass is 10.2. The second-order valence-electron chi connectivity index (χ2n) is 3.75. The van der Waals surface area contributed by atoms with E-state index in [1.807, 2.05) is 24.3 Å². The van der Waals surface area contributed by atoms with E-state index in [4.69, 9.17) is 9.57 Å². The second-order valence-corrected chi connectivity index (χ2v) is 4.61. The van der Waals surface area contributed by atoms with E-state index in [9.17, 15) is 4.79 Å². The molecule has 19 heavy (non-hydrogen) atoms. The molecular formula is C13H14N2O3S. The number of nitrogens with zero attached hydrogens (tertiary/aromatic N) is 2. The summed E-state index contributed by atoms with van der Waals surface area (Å²) in [6, 6.07) is 7.54. The van der Waals surface area contributed by atoms with Crippen molar-refractivity contribution >= 4 is 17.2 Å². The first-order valence-electron chi connectivity index (χ1n) is 5.58. The zero-order chi connectivity index (χ0) is 13.8. The summed E-state index contributed by atoms with van der Waals surface area (Å²) in [5.74, 6) is 0.522. The first-order chi connectivity index (χ1) is 9.15. The average Bonchev–Trinajstić information content (AvgIpc) is 2.95. The molecule has 6 heteroatoms. The van der Waals surface area contributed by atoms with Gasteiger partial charge in [0.05, 0.1) is 14.2 Å². The number of methoxy groups -OCH3 is 1. The van der Waals surface area contributed by atoms with Gasteiger partial charge in [0.2, 0.25) is 0 Å². The first kappa shape index (κ1) is 13.5. The van der Waals surface area contributed by atoms with Crippen molar-refractivity contribution in [2.75, 3.05) is 21.3 Å². The normalized spacial score (nSPS) is 10.3. The van der Waals surface area contributed by atoms with Crippen LogP contribution in [0, 0.1) is 0 Å². The lowest BCUT2D eigenvalue weighted by Crippen LogP contribution is -2.25. The van der Waals surface area contributed by atoms with E-state index in [1.54, 1.807) is 19.5 Å². The standard InChI is InChI=1S/C13H14N2O3S/c1-15(18-3)13(16)11-8-19-12(14-11)9-4-6-10(17-2)7-5-9/h4-8H,1-3H3. The Bertz CT molecular complexity index is 566. The number of benzene rings is 1. The summed E-state index contributed by atoms with van der Waals surface area (Å²) in [6.07, 6.45) is 0. The molecule has 2 aromatic rings. The Morgan fingerprint density at radius 3 is 2.53 bits per heavy atom. The lowest BCUT2D eigenvalue weighted by Gasteiger charge is -2.11. The minimum Gasteiger partial charge on any atom is -0.497 e. The smallest absolute Gasteiger partial charge is 0.296 e. The largest absolute Gasteiger partial charge is 0.497 e. The Morgan fingerprint density at radius 1 is 1.26 bits per heavy atom. The zero-order valence-corrected chi connectivity index (χ0v) is 11.7. The number of thiazole rings is 1. The topological polar surface area (TPSA) is 51.7 Å². The van der Waals surface area contributed by atoms with Crippen LogP contribution in [0.5, 0.6) is 5.75 Å². The maximum atomic E-state index is 11.8. The van der Waals surface area contributed by atoms with Crippen LogP contribution in [0.1, 0.15) is 10.5 Å². The fourth-order valence-corrected chi connectivity index (χ4v) is 2.28. The second kappa shape index (κ2) is 5.81. The Morgan fingerprint density at radius 2 is 1.95 bits per heavy atom. The molecule has 100 valence electrons. The third kappa shape index (κ3) is 2.91. The Kier molecular flexibility index (Phi) is 4.13. The van der Waals surface area contributed by atoms with Crippen LogP contribution in [-0.4, -0.2) is 37.2 Å². The van der Waals surface area contributed by atoms with Gasteiger partial charge >= 0.3 is 0 Å². The predicted molar refractivity (Wildman–Crippen MR) is 73.2 cm³/mol. The third-order valence-corrected chi connectivity index (χ3v) is 3.51. The highest BCUT2D eigenvalue weighted by atomic mass is 32.1. The number of carbonyl (C=O) groups is 1. The molecule has 0 N–H and O–H groups in total. The maximum absolute atomic E-state index is 11.8. The summed E-state index contributed by atoms with van der Waals surface area (Å²) in [4.78, 5) is 21.0. The Hall–Kier alpha value is -1.92. The van der Waals surface area contributed by atoms with Crippen molar-refractivity contribution in [3.8, 4) is 16.3 Å². The molecule has 0 atom stereocenters. The van der Waals surface area contributed by atoms with Crippen LogP contribution < -0.4 is 4.74 Å². The molecule has 0 bridgehead atoms. The van der Waals surface area contributed by atoms with Gasteiger partial charge in [0.25, 0.3) is 5.91 Å². The molecule has 0 aliphatic rings. The summed E-state index contributed by atoms with van der Waals surface area (Å²) in [5, 5.41) is 3.65. The third-order valence-electron chi connectivity index (χ3n) is 2.62. The minimum absolute atomic E-state index is 0.265. The Labute approximate surface area is 115 Å². The van der Waals surface area contributed by atoms with Crippen molar-refractivity contribution in [1.82, 2.24) is 10.0 Å². The predicted octanol–water partition coefficient (Wildman–Crippen LogP) is 2.45. The van der Waals surface area contributed by atoms with Gasteiger partial charge in [-0.3, -0.25) is 9.63 Å². The quantitative estimate of drug-likeness (QED) is 0.806. The van der Waals surface area contributed by atoms with Crippen molar-refractivity contribution in [3.63, 3.8) is 0 Å². The van der Waals surface area contributed by atoms with Crippen LogP contribution in [0.25, 0.3) is 10.6 Å². The summed E-state index contributed by atoms with van der Waals surface area (Å²) in [7, 11) is 4.61. The maximum Gasteiger partial charge on any atom is 0.296 e. The molecular weight excluding hydrogens is 264 g/mol. The average molecular weight is 278 g/mol. The summed E-state index contributed by atoms with van der Waals surface area (Å²) >= 11 is 1.42. The van der Waals surface area contributed by atoms with Crippen molar-refractivity contribution < 1.29 is 14.4 Å². The lowest BCUT2D eigenvalue weighted by molar-refractivity contribution is -0.0760. The van der Waals surface area contributed by atoms with Crippen molar-refractivity contribution in [2.24, 2.45) is 0 Å². The molecule has 5 nitrogen and oxygen atoms in total. The van der Waals surface area contributed by atoms with E-state index in [1.165, 1.54) is 18.4 Å². The van der Waals surface area contributed by atoms with Crippen molar-refractivity contribution in [2.45, 2.75) is 0 Å². The molecule has 0 aliphatic carbocycles. The highest BCUT2D eigenvalue weighted by Gasteiger charge is 2.15. The molecule has 0 aliphatic heterocycles. The van der Waals surface area contributed by atoms with Crippen LogP contribution in [-0.2, 0) is 4.84 Å². The summed E-state index contributed by atoms with van der Waals surface area (Å²) in [5.41, 5.74) is 1.32. The number of hydrogen-bond donors (Lipinski definition) is 0. The van der Waals surface area contributed by atoms with Gasteiger partial charge in [0.1, 0.15) is 16.5 Å². The van der Waals surface area contributed by atoms with Crippen LogP contribution in [0.4, 0.5) is 0 Å². The van der Waals surface area contributed by atoms with Crippen molar-refractivity contribution in [1.29, 1.82) is 0 Å². The molecule has 1 amide bonds. The molecule has 0 unspecified atom stereocenters. The molecule has 1 heterocycles. The SMILES string of the molecule is COc1ccc(-c2nc(C(=O)N(C)OC)cs2)cc1. The van der Waals surface area contributed by atoms with Gasteiger partial charge in [-0.05, 0) is 24.3 Å². The highest BCUT2D eigenvalue weighted by molar-refractivity contribution is 7.13. The van der Waals surface area contributed by atoms with E-state index in [2.05, 4.69) is 4.98 Å². The number of ether oxygens (including phenoxy) is 1. The van der Waals surface area contributed by atoms with Gasteiger partial charge in [-0.2, -0.15) is 0 Å². The molecule has 2 rings (SSSR count). The van der Waals surface area contributed by atoms with Crippen LogP contribution in [0.3, 0.4) is 0 Å². The van der Waals surface area contributed by atoms with E-state index < -0.39 is 0 Å². The molecule has 0 spiro atoms. The van der Waals surface area contributed by atoms with Crippen LogP contribution in [0.15, 0.2) is 29.6 Å². The molecule has 0 saturated heterocycles. The number of aromatic nitrogens is 1. The number of rotatable bonds is 4. The Balaban J connectivity index is 2.22. The van der Waals surface area contributed by atoms with Gasteiger partial charge in [0.15, 0.2) is 0 Å². The fraction of sp³-hybridized carbons (Fsp3) is 0.231. The van der Waals surface area contributed by atoms with E-state index in [0.29, 0.717) is 5.69 Å². The first-order valence-corrected chi connectivity index (χ1v) is 6.45. The fourth-order valence-electron chi connectivity index (χ4n) is 1.48. The van der Waals surface area contributed by atoms with Crippen LogP contribution in [0.2, 0.25) is 0 Å². The molecule has 1 aromatic carbocycles. The van der Waals surface area contributed by atoms with E-state index >= 15 is 0 Å². The molecule has 0 saturated carbocycles. The summed E-state index contributed by atoms with van der Waals surface area (Å²) in [6.45, 7) is 0. The van der Waals surface area contributed by atoms with Gasteiger partial charge in [0, 0.05) is 18.0 Å². The van der Waals surface area contributed by atoms with Crippen molar-refractivity contribution in [3.05, 3.63) is 35.3 Å². The molecule has 0 radical (unpaired) electrons.